The normalized spacial score (nSPS) is 35.8. The number of Topliss-reactive ketones (excluding diaryl/α,β-unsaturated/α-hetero) is 1. The first kappa shape index (κ1) is 28.3. The van der Waals surface area contributed by atoms with E-state index in [1.807, 2.05) is 18.2 Å². The molecular weight excluding hydrogens is 520 g/mol. The van der Waals surface area contributed by atoms with Crippen molar-refractivity contribution in [1.82, 2.24) is 25.3 Å². The minimum absolute atomic E-state index is 0.00675. The van der Waals surface area contributed by atoms with Crippen LogP contribution in [-0.4, -0.2) is 102 Å². The molecule has 6 rings (SSSR count). The van der Waals surface area contributed by atoms with Gasteiger partial charge in [-0.15, -0.1) is 0 Å². The van der Waals surface area contributed by atoms with E-state index in [1.165, 1.54) is 6.08 Å². The number of likely N-dealkylation sites (N-methyl/N-ethyl adjacent to an activating group) is 1. The number of benzene rings is 1. The lowest BCUT2D eigenvalue weighted by molar-refractivity contribution is -0.160. The molecule has 0 radical (unpaired) electrons. The van der Waals surface area contributed by atoms with Gasteiger partial charge in [-0.25, -0.2) is 0 Å². The Kier molecular flexibility index (Phi) is 8.16. The number of likely N-dealkylation sites (tertiary alicyclic amines) is 1. The predicted molar refractivity (Wildman–Crippen MR) is 153 cm³/mol. The highest BCUT2D eigenvalue weighted by Crippen LogP contribution is 2.43. The number of nitriles is 1. The first-order valence-corrected chi connectivity index (χ1v) is 15.1. The lowest BCUT2D eigenvalue weighted by Gasteiger charge is -2.54. The van der Waals surface area contributed by atoms with E-state index in [0.29, 0.717) is 45.1 Å². The topological polar surface area (TPSA) is 110 Å². The van der Waals surface area contributed by atoms with Gasteiger partial charge in [0.25, 0.3) is 0 Å². The maximum absolute atomic E-state index is 14.4. The van der Waals surface area contributed by atoms with E-state index in [1.54, 1.807) is 4.90 Å². The van der Waals surface area contributed by atoms with Gasteiger partial charge in [0.1, 0.15) is 5.75 Å². The zero-order valence-corrected chi connectivity index (χ0v) is 24.0. The number of fused-ring (bicyclic) bond motifs is 2. The Bertz CT molecular complexity index is 1200. The van der Waals surface area contributed by atoms with E-state index in [0.717, 1.165) is 43.5 Å². The number of carbonyl (C=O) groups is 2. The average molecular weight is 563 g/mol. The summed E-state index contributed by atoms with van der Waals surface area (Å²) in [4.78, 5) is 33.3. The van der Waals surface area contributed by atoms with Gasteiger partial charge in [0, 0.05) is 31.6 Å². The smallest absolute Gasteiger partial charge is 0.246 e. The van der Waals surface area contributed by atoms with Gasteiger partial charge in [-0.05, 0) is 69.8 Å². The van der Waals surface area contributed by atoms with Gasteiger partial charge in [-0.1, -0.05) is 24.8 Å². The minimum Gasteiger partial charge on any atom is -0.479 e. The summed E-state index contributed by atoms with van der Waals surface area (Å²) in [5, 5.41) is 16.7. The Morgan fingerprint density at radius 1 is 1.22 bits per heavy atom. The SMILES string of the molecule is C=CC(=O)N1CCN(C2NC(OCC3CCCN3C)NC3C(=O)[C@]4(CCc5ccccc5O4)CCC32)CC1CC#N. The number of ether oxygens (including phenoxy) is 2. The van der Waals surface area contributed by atoms with Crippen LogP contribution in [0.3, 0.4) is 0 Å². The molecule has 7 atom stereocenters. The molecule has 4 heterocycles. The van der Waals surface area contributed by atoms with Crippen LogP contribution in [0, 0.1) is 17.2 Å². The third-order valence-corrected chi connectivity index (χ3v) is 9.99. The van der Waals surface area contributed by atoms with Gasteiger partial charge in [-0.2, -0.15) is 5.26 Å². The highest BCUT2D eigenvalue weighted by Gasteiger charge is 2.56. The molecule has 1 saturated carbocycles. The molecule has 0 bridgehead atoms. The molecule has 41 heavy (non-hydrogen) atoms. The van der Waals surface area contributed by atoms with E-state index in [2.05, 4.69) is 46.2 Å². The lowest BCUT2D eigenvalue weighted by atomic mass is 9.69. The highest BCUT2D eigenvalue weighted by atomic mass is 16.5. The van der Waals surface area contributed by atoms with E-state index in [9.17, 15) is 14.9 Å². The van der Waals surface area contributed by atoms with Gasteiger partial charge in [0.05, 0.1) is 37.3 Å². The molecule has 2 N–H and O–H groups in total. The van der Waals surface area contributed by atoms with Crippen LogP contribution in [-0.2, 0) is 20.7 Å². The van der Waals surface area contributed by atoms with Gasteiger partial charge in [-0.3, -0.25) is 25.1 Å². The maximum Gasteiger partial charge on any atom is 0.246 e. The van der Waals surface area contributed by atoms with Gasteiger partial charge < -0.3 is 19.3 Å². The van der Waals surface area contributed by atoms with Crippen molar-refractivity contribution in [2.75, 3.05) is 39.8 Å². The van der Waals surface area contributed by atoms with E-state index in [-0.39, 0.29) is 36.2 Å². The Morgan fingerprint density at radius 2 is 2.07 bits per heavy atom. The largest absolute Gasteiger partial charge is 0.479 e. The van der Waals surface area contributed by atoms with Crippen LogP contribution in [0.2, 0.25) is 0 Å². The Balaban J connectivity index is 1.24. The number of hydrogen-bond acceptors (Lipinski definition) is 9. The summed E-state index contributed by atoms with van der Waals surface area (Å²) < 4.78 is 13.0. The van der Waals surface area contributed by atoms with Gasteiger partial charge in [0.15, 0.2) is 17.7 Å². The first-order valence-electron chi connectivity index (χ1n) is 15.1. The summed E-state index contributed by atoms with van der Waals surface area (Å²) in [6.07, 6.45) is 6.19. The van der Waals surface area contributed by atoms with Crippen LogP contribution in [0.25, 0.3) is 0 Å². The Hall–Kier alpha value is -2.81. The number of hydrogen-bond donors (Lipinski definition) is 2. The fraction of sp³-hybridized carbons (Fsp3) is 0.645. The van der Waals surface area contributed by atoms with Crippen molar-refractivity contribution in [3.63, 3.8) is 0 Å². The minimum atomic E-state index is -0.834. The van der Waals surface area contributed by atoms with Crippen LogP contribution < -0.4 is 15.4 Å². The molecule has 1 spiro atoms. The molecule has 220 valence electrons. The molecule has 0 aromatic heterocycles. The van der Waals surface area contributed by atoms with Crippen LogP contribution >= 0.6 is 0 Å². The second kappa shape index (κ2) is 11.8. The number of amides is 1. The van der Waals surface area contributed by atoms with Crippen molar-refractivity contribution in [2.24, 2.45) is 5.92 Å². The summed E-state index contributed by atoms with van der Waals surface area (Å²) in [5.41, 5.74) is 0.320. The molecule has 6 unspecified atom stereocenters. The standard InChI is InChI=1S/C31H42N6O4/c1-3-26(38)37-18-17-36(19-22(37)12-15-32)29-24-11-14-31(13-10-21-7-4-5-9-25(21)41-31)28(39)27(24)33-30(34-29)40-20-23-8-6-16-35(23)2/h3-5,7,9,22-24,27,29-30,33-34H,1,6,8,10-14,16-20H2,2H3/t22?,23?,24?,27?,29?,30?,31-/m0/s1. The first-order chi connectivity index (χ1) is 19.9. The fourth-order valence-corrected chi connectivity index (χ4v) is 7.64. The van der Waals surface area contributed by atoms with Crippen molar-refractivity contribution < 1.29 is 19.1 Å². The second-order valence-corrected chi connectivity index (χ2v) is 12.3. The summed E-state index contributed by atoms with van der Waals surface area (Å²) in [6, 6.07) is 9.99. The fourth-order valence-electron chi connectivity index (χ4n) is 7.64. The Labute approximate surface area is 242 Å². The molecule has 5 aliphatic rings. The summed E-state index contributed by atoms with van der Waals surface area (Å²) in [7, 11) is 2.13. The number of nitrogens with one attached hydrogen (secondary N) is 2. The van der Waals surface area contributed by atoms with E-state index < -0.39 is 18.0 Å². The van der Waals surface area contributed by atoms with E-state index in [4.69, 9.17) is 9.47 Å². The molecule has 3 saturated heterocycles. The van der Waals surface area contributed by atoms with Crippen molar-refractivity contribution in [3.05, 3.63) is 42.5 Å². The number of piperazine rings is 1. The van der Waals surface area contributed by atoms with Crippen molar-refractivity contribution >= 4 is 11.7 Å². The molecule has 4 aliphatic heterocycles. The monoisotopic (exact) mass is 562 g/mol. The van der Waals surface area contributed by atoms with Crippen LogP contribution in [0.15, 0.2) is 36.9 Å². The lowest BCUT2D eigenvalue weighted by Crippen LogP contribution is -2.76. The van der Waals surface area contributed by atoms with Crippen molar-refractivity contribution in [1.29, 1.82) is 5.26 Å². The molecule has 1 aromatic rings. The zero-order chi connectivity index (χ0) is 28.6. The maximum atomic E-state index is 14.4. The number of rotatable bonds is 6. The third kappa shape index (κ3) is 5.42. The number of nitrogens with zero attached hydrogens (tertiary/aromatic N) is 4. The van der Waals surface area contributed by atoms with Crippen molar-refractivity contribution in [2.45, 2.75) is 81.2 Å². The Morgan fingerprint density at radius 3 is 2.85 bits per heavy atom. The second-order valence-electron chi connectivity index (χ2n) is 12.3. The van der Waals surface area contributed by atoms with Gasteiger partial charge >= 0.3 is 0 Å². The summed E-state index contributed by atoms with van der Waals surface area (Å²) in [5.74, 6) is 0.783. The number of aryl methyl sites for hydroxylation is 1. The zero-order valence-electron chi connectivity index (χ0n) is 24.0. The third-order valence-electron chi connectivity index (χ3n) is 9.99. The van der Waals surface area contributed by atoms with Crippen molar-refractivity contribution in [3.8, 4) is 11.8 Å². The number of ketones is 1. The predicted octanol–water partition coefficient (Wildman–Crippen LogP) is 1.62. The highest BCUT2D eigenvalue weighted by molar-refractivity contribution is 5.94. The molecule has 10 nitrogen and oxygen atoms in total. The molecule has 10 heteroatoms. The van der Waals surface area contributed by atoms with E-state index >= 15 is 0 Å². The number of para-hydroxylation sites is 1. The number of carbonyl (C=O) groups excluding carboxylic acids is 2. The molecular formula is C31H42N6O4. The molecule has 1 aromatic carbocycles. The van der Waals surface area contributed by atoms with Crippen LogP contribution in [0.1, 0.15) is 44.1 Å². The quantitative estimate of drug-likeness (QED) is 0.500. The molecule has 4 fully saturated rings. The van der Waals surface area contributed by atoms with Crippen LogP contribution in [0.4, 0.5) is 0 Å². The molecule has 1 amide bonds. The summed E-state index contributed by atoms with van der Waals surface area (Å²) >= 11 is 0. The molecule has 1 aliphatic carbocycles. The van der Waals surface area contributed by atoms with Crippen LogP contribution in [0.5, 0.6) is 5.75 Å². The average Bonchev–Trinajstić information content (AvgIpc) is 3.42. The summed E-state index contributed by atoms with van der Waals surface area (Å²) in [6.45, 7) is 7.00. The van der Waals surface area contributed by atoms with Gasteiger partial charge in [0.2, 0.25) is 5.91 Å².